The molecule has 440 valence electrons. The zero-order chi connectivity index (χ0) is 61.0. The number of aromatic nitrogens is 4. The molecule has 8 aromatic carbocycles. The number of benzene rings is 8. The van der Waals surface area contributed by atoms with E-state index in [0.717, 1.165) is 78.0 Å². The van der Waals surface area contributed by atoms with E-state index < -0.39 is 16.1 Å². The van der Waals surface area contributed by atoms with Gasteiger partial charge in [0.25, 0.3) is 0 Å². The summed E-state index contributed by atoms with van der Waals surface area (Å²) in [5.41, 5.74) is 18.6. The van der Waals surface area contributed by atoms with Crippen LogP contribution >= 0.6 is 0 Å². The Morgan fingerprint density at radius 2 is 1.14 bits per heavy atom. The van der Waals surface area contributed by atoms with Gasteiger partial charge < -0.3 is 19.0 Å². The van der Waals surface area contributed by atoms with Gasteiger partial charge in [0.2, 0.25) is 0 Å². The van der Waals surface area contributed by atoms with Crippen molar-refractivity contribution in [1.82, 2.24) is 19.5 Å². The Kier molecular flexibility index (Phi) is 17.5. The van der Waals surface area contributed by atoms with Gasteiger partial charge in [-0.3, -0.25) is 13.8 Å². The van der Waals surface area contributed by atoms with E-state index in [4.69, 9.17) is 14.4 Å². The van der Waals surface area contributed by atoms with Crippen molar-refractivity contribution in [1.29, 1.82) is 0 Å². The minimum absolute atomic E-state index is 0. The van der Waals surface area contributed by atoms with Crippen LogP contribution in [0.5, 0.6) is 0 Å². The molecule has 1 aliphatic rings. The van der Waals surface area contributed by atoms with Crippen molar-refractivity contribution in [2.75, 3.05) is 0 Å². The van der Waals surface area contributed by atoms with Gasteiger partial charge in [-0.25, -0.2) is 0 Å². The van der Waals surface area contributed by atoms with Crippen LogP contribution in [0.3, 0.4) is 0 Å². The predicted molar refractivity (Wildman–Crippen MR) is 361 cm³/mol. The number of pyridine rings is 2. The third-order valence-electron chi connectivity index (χ3n) is 17.6. The second kappa shape index (κ2) is 24.4. The first-order chi connectivity index (χ1) is 40.9. The van der Waals surface area contributed by atoms with E-state index in [2.05, 4.69) is 250 Å². The fourth-order valence-electron chi connectivity index (χ4n) is 11.7. The minimum atomic E-state index is -1.43. The molecule has 0 saturated heterocycles. The smallest absolute Gasteiger partial charge is 0.501 e. The van der Waals surface area contributed by atoms with Crippen LogP contribution in [0.4, 0.5) is 8.78 Å². The van der Waals surface area contributed by atoms with E-state index in [1.165, 1.54) is 67.6 Å². The van der Waals surface area contributed by atoms with Crippen LogP contribution in [-0.4, -0.2) is 35.7 Å². The van der Waals surface area contributed by atoms with Crippen LogP contribution in [0.25, 0.3) is 94.8 Å². The first kappa shape index (κ1) is 62.3. The van der Waals surface area contributed by atoms with Crippen LogP contribution < -0.4 is 10.4 Å². The van der Waals surface area contributed by atoms with E-state index in [0.29, 0.717) is 0 Å². The molecule has 0 spiro atoms. The van der Waals surface area contributed by atoms with Gasteiger partial charge in [0.1, 0.15) is 5.58 Å². The topological polar surface area (TPSA) is 56.7 Å². The molecular formula is C77H75F2IrN4OSi2. The van der Waals surface area contributed by atoms with E-state index in [-0.39, 0.29) is 54.4 Å². The Morgan fingerprint density at radius 1 is 0.529 bits per heavy atom. The summed E-state index contributed by atoms with van der Waals surface area (Å²) in [5, 5.41) is 4.84. The number of nitrogens with zero attached hydrogens (tertiary/aromatic N) is 4. The van der Waals surface area contributed by atoms with Crippen molar-refractivity contribution in [2.24, 2.45) is 0 Å². The van der Waals surface area contributed by atoms with E-state index in [1.54, 1.807) is 12.1 Å². The van der Waals surface area contributed by atoms with Crippen LogP contribution in [0.1, 0.15) is 89.5 Å². The number of hydrogen-bond acceptors (Lipinski definition) is 4. The first-order valence-electron chi connectivity index (χ1n) is 29.9. The zero-order valence-electron chi connectivity index (χ0n) is 52.3. The number of imidazole rings is 1. The average molecular weight is 1360 g/mol. The summed E-state index contributed by atoms with van der Waals surface area (Å²) in [7, 11) is -2.73. The summed E-state index contributed by atoms with van der Waals surface area (Å²) in [5.74, 6) is 0.910. The van der Waals surface area contributed by atoms with E-state index in [9.17, 15) is 8.78 Å². The SMILES string of the molecule is CC(C)c1cc(-c2ccccc2)cc(C(C)C)c1-n1c(-c2[c-]ccc3c2oc2cc(-c4ccccc4)ccc23)nc2ccccc21.CC1(C)c2cc(F)c[c-]c2-c2ncc([Si](C)(C)C)cc2C1(C)C.C[Si](C)(C)c1ccc(-c2[c-]cc(F)cc2)nc1.[Ir+3]. The molecular weight excluding hydrogens is 1280 g/mol. The van der Waals surface area contributed by atoms with Gasteiger partial charge in [-0.05, 0) is 108 Å². The van der Waals surface area contributed by atoms with Gasteiger partial charge in [0, 0.05) is 35.1 Å². The average Bonchev–Trinajstić information content (AvgIpc) is 1.23. The number of rotatable bonds is 9. The Balaban J connectivity index is 0.000000169. The summed E-state index contributed by atoms with van der Waals surface area (Å²) in [4.78, 5) is 14.5. The Hall–Kier alpha value is -7.73. The molecule has 1 aliphatic carbocycles. The van der Waals surface area contributed by atoms with Crippen LogP contribution in [-0.2, 0) is 30.9 Å². The standard InChI is InChI=1S/C43H35N2O.C20H25FNSi.C14H15FNSi.Ir/c1-27(2)36-24-32(30-16-9-6-10-17-30)25-37(28(3)4)41(36)45-39-21-12-11-20-38(39)44-43(45)35-19-13-18-34-33-23-22-31(26-40(33)46-42(34)35)29-14-7-5-8-15-29;1-19(2)16-10-13(21)8-9-15(16)18-17(20(19,3)4)11-14(12-22-18)23(5,6)7;1-17(2,3)13-8-9-14(16-10-13)11-4-6-12(15)7-5-11;/h5-18,20-28H,1-4H3;8,10-12H,1-7H3;4,6-10H,1-3H3;/q3*-1;+3. The molecule has 4 heterocycles. The minimum Gasteiger partial charge on any atom is -0.501 e. The van der Waals surface area contributed by atoms with Gasteiger partial charge in [0.15, 0.2) is 0 Å². The zero-order valence-corrected chi connectivity index (χ0v) is 56.7. The normalized spacial score (nSPS) is 13.4. The maximum atomic E-state index is 13.8. The summed E-state index contributed by atoms with van der Waals surface area (Å²) in [6.07, 6.45) is 3.94. The second-order valence-electron chi connectivity index (χ2n) is 26.5. The largest absolute Gasteiger partial charge is 3.00 e. The number of hydrogen-bond donors (Lipinski definition) is 0. The third-order valence-corrected chi connectivity index (χ3v) is 21.6. The number of para-hydroxylation sites is 2. The quantitative estimate of drug-likeness (QED) is 0.107. The van der Waals surface area contributed by atoms with Gasteiger partial charge in [0.05, 0.1) is 38.6 Å². The van der Waals surface area contributed by atoms with Crippen molar-refractivity contribution < 1.29 is 33.3 Å². The van der Waals surface area contributed by atoms with Crippen LogP contribution in [0.15, 0.2) is 193 Å². The fraction of sp³-hybridized carbons (Fsp3) is 0.234. The van der Waals surface area contributed by atoms with Gasteiger partial charge >= 0.3 is 20.1 Å². The maximum absolute atomic E-state index is 13.8. The predicted octanol–water partition coefficient (Wildman–Crippen LogP) is 20.0. The second-order valence-corrected chi connectivity index (χ2v) is 36.7. The monoisotopic (exact) mass is 1360 g/mol. The summed E-state index contributed by atoms with van der Waals surface area (Å²) < 4.78 is 35.7. The number of furan rings is 1. The molecule has 12 aromatic rings. The summed E-state index contributed by atoms with van der Waals surface area (Å²) in [6.45, 7) is 31.9. The molecule has 10 heteroatoms. The van der Waals surface area contributed by atoms with E-state index >= 15 is 0 Å². The molecule has 0 radical (unpaired) electrons. The molecule has 4 aromatic heterocycles. The molecule has 0 aliphatic heterocycles. The Labute approximate surface area is 528 Å². The fourth-order valence-corrected chi connectivity index (χ4v) is 13.8. The summed E-state index contributed by atoms with van der Waals surface area (Å²) in [6, 6.07) is 68.5. The first-order valence-corrected chi connectivity index (χ1v) is 36.9. The number of halogens is 2. The maximum Gasteiger partial charge on any atom is 3.00 e. The molecule has 0 atom stereocenters. The molecule has 0 saturated carbocycles. The Bertz CT molecular complexity index is 4410. The van der Waals surface area contributed by atoms with Gasteiger partial charge in [-0.2, -0.15) is 0 Å². The van der Waals surface area contributed by atoms with Crippen molar-refractivity contribution in [3.05, 3.63) is 240 Å². The summed E-state index contributed by atoms with van der Waals surface area (Å²) >= 11 is 0. The van der Waals surface area contributed by atoms with Crippen molar-refractivity contribution in [3.8, 4) is 61.8 Å². The molecule has 0 amide bonds. The van der Waals surface area contributed by atoms with Crippen molar-refractivity contribution >= 4 is 59.5 Å². The van der Waals surface area contributed by atoms with Gasteiger partial charge in [-0.1, -0.05) is 214 Å². The van der Waals surface area contributed by atoms with E-state index in [1.807, 2.05) is 30.6 Å². The molecule has 0 N–H and O–H groups in total. The van der Waals surface area contributed by atoms with Crippen molar-refractivity contribution in [3.63, 3.8) is 0 Å². The number of fused-ring (bicyclic) bond motifs is 7. The van der Waals surface area contributed by atoms with Crippen LogP contribution in [0, 0.1) is 29.8 Å². The van der Waals surface area contributed by atoms with Gasteiger partial charge in [-0.15, -0.1) is 77.4 Å². The molecule has 87 heavy (non-hydrogen) atoms. The molecule has 13 rings (SSSR count). The molecule has 0 unspecified atom stereocenters. The van der Waals surface area contributed by atoms with Crippen molar-refractivity contribution in [2.45, 2.75) is 117 Å². The molecule has 0 bridgehead atoms. The molecule has 5 nitrogen and oxygen atoms in total. The Morgan fingerprint density at radius 3 is 1.75 bits per heavy atom. The third kappa shape index (κ3) is 12.2. The molecule has 0 fully saturated rings. The van der Waals surface area contributed by atoms with Crippen LogP contribution in [0.2, 0.25) is 39.3 Å².